The van der Waals surface area contributed by atoms with Crippen molar-refractivity contribution in [2.45, 2.75) is 20.0 Å². The average Bonchev–Trinajstić information content (AvgIpc) is 2.69. The standard InChI is InChI=1S/C20H18BrFN2O5/c1-3-29-18(25)11-23-17-9-14(28-2)6-7-15(17)19(26)24(20(23)27)10-12-4-5-13(21)8-16(12)22/h4-9H,3,10-11H2,1-2H3. The average molecular weight is 465 g/mol. The van der Waals surface area contributed by atoms with Crippen molar-refractivity contribution < 1.29 is 18.7 Å². The Morgan fingerprint density at radius 2 is 1.90 bits per heavy atom. The predicted molar refractivity (Wildman–Crippen MR) is 109 cm³/mol. The Balaban J connectivity index is 2.23. The van der Waals surface area contributed by atoms with Crippen molar-refractivity contribution >= 4 is 32.8 Å². The molecule has 7 nitrogen and oxygen atoms in total. The second-order valence-electron chi connectivity index (χ2n) is 6.18. The molecule has 3 aromatic rings. The molecule has 0 saturated carbocycles. The lowest BCUT2D eigenvalue weighted by atomic mass is 10.2. The highest BCUT2D eigenvalue weighted by Gasteiger charge is 2.18. The molecule has 0 atom stereocenters. The van der Waals surface area contributed by atoms with E-state index in [1.807, 2.05) is 0 Å². The van der Waals surface area contributed by atoms with Crippen molar-refractivity contribution in [3.63, 3.8) is 0 Å². The second kappa shape index (κ2) is 8.60. The molecule has 152 valence electrons. The zero-order valence-electron chi connectivity index (χ0n) is 15.8. The molecule has 0 N–H and O–H groups in total. The van der Waals surface area contributed by atoms with Crippen LogP contribution in [0, 0.1) is 5.82 Å². The van der Waals surface area contributed by atoms with Gasteiger partial charge in [-0.25, -0.2) is 9.18 Å². The van der Waals surface area contributed by atoms with Gasteiger partial charge in [-0.2, -0.15) is 0 Å². The minimum atomic E-state index is -0.744. The molecule has 1 aromatic heterocycles. The molecular formula is C20H18BrFN2O5. The number of rotatable bonds is 6. The van der Waals surface area contributed by atoms with Crippen LogP contribution in [-0.2, 0) is 22.6 Å². The van der Waals surface area contributed by atoms with E-state index in [1.165, 1.54) is 31.4 Å². The Labute approximate surface area is 173 Å². The van der Waals surface area contributed by atoms with Crippen molar-refractivity contribution in [3.8, 4) is 5.75 Å². The quantitative estimate of drug-likeness (QED) is 0.524. The van der Waals surface area contributed by atoms with Gasteiger partial charge in [0.25, 0.3) is 5.56 Å². The van der Waals surface area contributed by atoms with E-state index in [2.05, 4.69) is 15.9 Å². The third kappa shape index (κ3) is 4.24. The number of carbonyl (C=O) groups is 1. The van der Waals surface area contributed by atoms with Crippen LogP contribution in [-0.4, -0.2) is 28.8 Å². The van der Waals surface area contributed by atoms with Crippen molar-refractivity contribution in [3.05, 3.63) is 73.1 Å². The number of esters is 1. The lowest BCUT2D eigenvalue weighted by Crippen LogP contribution is -2.41. The van der Waals surface area contributed by atoms with Crippen molar-refractivity contribution in [2.75, 3.05) is 13.7 Å². The largest absolute Gasteiger partial charge is 0.497 e. The highest BCUT2D eigenvalue weighted by atomic mass is 79.9. The van der Waals surface area contributed by atoms with E-state index in [9.17, 15) is 18.8 Å². The molecule has 0 unspecified atom stereocenters. The van der Waals surface area contributed by atoms with E-state index in [1.54, 1.807) is 19.1 Å². The van der Waals surface area contributed by atoms with Crippen LogP contribution in [0.3, 0.4) is 0 Å². The third-order valence-electron chi connectivity index (χ3n) is 4.37. The van der Waals surface area contributed by atoms with Crippen LogP contribution in [0.5, 0.6) is 5.75 Å². The smallest absolute Gasteiger partial charge is 0.332 e. The molecule has 0 aliphatic rings. The first-order valence-corrected chi connectivity index (χ1v) is 9.56. The Morgan fingerprint density at radius 3 is 2.55 bits per heavy atom. The highest BCUT2D eigenvalue weighted by molar-refractivity contribution is 9.10. The maximum Gasteiger partial charge on any atom is 0.332 e. The van der Waals surface area contributed by atoms with E-state index >= 15 is 0 Å². The van der Waals surface area contributed by atoms with Gasteiger partial charge in [0.2, 0.25) is 0 Å². The maximum absolute atomic E-state index is 14.3. The Hall–Kier alpha value is -2.94. The van der Waals surface area contributed by atoms with Crippen molar-refractivity contribution in [2.24, 2.45) is 0 Å². The van der Waals surface area contributed by atoms with Gasteiger partial charge in [0.05, 0.1) is 31.2 Å². The summed E-state index contributed by atoms with van der Waals surface area (Å²) in [5.74, 6) is -0.762. The van der Waals surface area contributed by atoms with Gasteiger partial charge in [-0.3, -0.25) is 18.7 Å². The fourth-order valence-electron chi connectivity index (χ4n) is 2.97. The molecular weight excluding hydrogens is 447 g/mol. The Kier molecular flexibility index (Phi) is 6.17. The number of ether oxygens (including phenoxy) is 2. The summed E-state index contributed by atoms with van der Waals surface area (Å²) in [5.41, 5.74) is -0.927. The van der Waals surface area contributed by atoms with Gasteiger partial charge in [0, 0.05) is 16.1 Å². The van der Waals surface area contributed by atoms with Gasteiger partial charge in [-0.05, 0) is 31.2 Å². The number of methoxy groups -OCH3 is 1. The summed E-state index contributed by atoms with van der Waals surface area (Å²) in [4.78, 5) is 38.1. The number of aromatic nitrogens is 2. The number of halogens is 2. The van der Waals surface area contributed by atoms with Crippen LogP contribution in [0.1, 0.15) is 12.5 Å². The molecule has 0 spiro atoms. The Bertz CT molecular complexity index is 1200. The summed E-state index contributed by atoms with van der Waals surface area (Å²) < 4.78 is 27.0. The number of hydrogen-bond acceptors (Lipinski definition) is 5. The lowest BCUT2D eigenvalue weighted by Gasteiger charge is -2.15. The molecule has 3 rings (SSSR count). The number of nitrogens with zero attached hydrogens (tertiary/aromatic N) is 2. The van der Waals surface area contributed by atoms with Crippen LogP contribution < -0.4 is 16.0 Å². The van der Waals surface area contributed by atoms with Gasteiger partial charge >= 0.3 is 11.7 Å². The first-order chi connectivity index (χ1) is 13.8. The van der Waals surface area contributed by atoms with E-state index in [4.69, 9.17) is 9.47 Å². The molecule has 1 heterocycles. The number of fused-ring (bicyclic) bond motifs is 1. The summed E-state index contributed by atoms with van der Waals surface area (Å²) in [5, 5.41) is 0.201. The van der Waals surface area contributed by atoms with Crippen molar-refractivity contribution in [1.82, 2.24) is 9.13 Å². The van der Waals surface area contributed by atoms with Gasteiger partial charge in [-0.15, -0.1) is 0 Å². The van der Waals surface area contributed by atoms with Crippen LogP contribution in [0.4, 0.5) is 4.39 Å². The van der Waals surface area contributed by atoms with Gasteiger partial charge in [-0.1, -0.05) is 22.0 Å². The molecule has 0 saturated heterocycles. The van der Waals surface area contributed by atoms with Gasteiger partial charge in [0.1, 0.15) is 18.1 Å². The monoisotopic (exact) mass is 464 g/mol. The number of carbonyl (C=O) groups excluding carboxylic acids is 1. The van der Waals surface area contributed by atoms with E-state index < -0.39 is 23.0 Å². The Morgan fingerprint density at radius 1 is 1.14 bits per heavy atom. The molecule has 2 aromatic carbocycles. The molecule has 0 aliphatic heterocycles. The van der Waals surface area contributed by atoms with Crippen LogP contribution in [0.15, 0.2) is 50.5 Å². The molecule has 0 radical (unpaired) electrons. The van der Waals surface area contributed by atoms with Gasteiger partial charge < -0.3 is 9.47 Å². The number of hydrogen-bond donors (Lipinski definition) is 0. The summed E-state index contributed by atoms with van der Waals surface area (Å²) in [6.45, 7) is 1.14. The van der Waals surface area contributed by atoms with Crippen LogP contribution in [0.25, 0.3) is 10.9 Å². The summed E-state index contributed by atoms with van der Waals surface area (Å²) >= 11 is 3.17. The molecule has 29 heavy (non-hydrogen) atoms. The fourth-order valence-corrected chi connectivity index (χ4v) is 3.30. The van der Waals surface area contributed by atoms with E-state index in [0.29, 0.717) is 10.2 Å². The summed E-state index contributed by atoms with van der Waals surface area (Å²) in [7, 11) is 1.45. The van der Waals surface area contributed by atoms with E-state index in [-0.39, 0.29) is 36.2 Å². The molecule has 0 fully saturated rings. The highest BCUT2D eigenvalue weighted by Crippen LogP contribution is 2.19. The normalized spacial score (nSPS) is 10.9. The van der Waals surface area contributed by atoms with Crippen molar-refractivity contribution in [1.29, 1.82) is 0 Å². The zero-order chi connectivity index (χ0) is 21.1. The topological polar surface area (TPSA) is 79.5 Å². The van der Waals surface area contributed by atoms with Gasteiger partial charge in [0.15, 0.2) is 0 Å². The predicted octanol–water partition coefficient (Wildman–Crippen LogP) is 2.68. The molecule has 0 aliphatic carbocycles. The molecule has 9 heteroatoms. The maximum atomic E-state index is 14.3. The molecule has 0 bridgehead atoms. The minimum Gasteiger partial charge on any atom is -0.497 e. The summed E-state index contributed by atoms with van der Waals surface area (Å²) in [6, 6.07) is 8.94. The first-order valence-electron chi connectivity index (χ1n) is 8.76. The zero-order valence-corrected chi connectivity index (χ0v) is 17.4. The lowest BCUT2D eigenvalue weighted by molar-refractivity contribution is -0.143. The number of benzene rings is 2. The molecule has 0 amide bonds. The third-order valence-corrected chi connectivity index (χ3v) is 4.86. The van der Waals surface area contributed by atoms with E-state index in [0.717, 1.165) is 9.13 Å². The second-order valence-corrected chi connectivity index (χ2v) is 7.10. The van der Waals surface area contributed by atoms with Crippen LogP contribution >= 0.6 is 15.9 Å². The fraction of sp³-hybridized carbons (Fsp3) is 0.250. The SMILES string of the molecule is CCOC(=O)Cn1c(=O)n(Cc2ccc(Br)cc2F)c(=O)c2ccc(OC)cc21. The van der Waals surface area contributed by atoms with Crippen LogP contribution in [0.2, 0.25) is 0 Å². The minimum absolute atomic E-state index is 0.151. The first kappa shape index (κ1) is 20.8. The summed E-state index contributed by atoms with van der Waals surface area (Å²) in [6.07, 6.45) is 0.